The molecule has 0 aliphatic heterocycles. The number of amides is 3. The molecular weight excluding hydrogens is 406 g/mol. The van der Waals surface area contributed by atoms with Crippen LogP contribution in [0.5, 0.6) is 0 Å². The van der Waals surface area contributed by atoms with Gasteiger partial charge in [0.2, 0.25) is 11.8 Å². The molecule has 7 nitrogen and oxygen atoms in total. The molecule has 0 saturated carbocycles. The largest absolute Gasteiger partial charge is 0.444 e. The van der Waals surface area contributed by atoms with Gasteiger partial charge in [-0.15, -0.1) is 0 Å². The number of carbonyl (C=O) groups is 3. The van der Waals surface area contributed by atoms with Crippen molar-refractivity contribution in [1.82, 2.24) is 10.2 Å². The number of alkyl carbamates (subject to hydrolysis) is 1. The zero-order valence-electron chi connectivity index (χ0n) is 20.8. The lowest BCUT2D eigenvalue weighted by molar-refractivity contribution is -0.130. The maximum atomic E-state index is 12.4. The van der Waals surface area contributed by atoms with Crippen molar-refractivity contribution < 1.29 is 19.1 Å². The Morgan fingerprint density at radius 1 is 1.00 bits per heavy atom. The molecule has 1 aromatic rings. The molecule has 0 bridgehead atoms. The Morgan fingerprint density at radius 2 is 1.62 bits per heavy atom. The van der Waals surface area contributed by atoms with Gasteiger partial charge < -0.3 is 20.3 Å². The van der Waals surface area contributed by atoms with E-state index in [0.717, 1.165) is 31.2 Å². The lowest BCUT2D eigenvalue weighted by Crippen LogP contribution is -2.37. The Bertz CT molecular complexity index is 751. The van der Waals surface area contributed by atoms with Gasteiger partial charge in [-0.1, -0.05) is 39.3 Å². The van der Waals surface area contributed by atoms with E-state index in [9.17, 15) is 14.4 Å². The predicted molar refractivity (Wildman–Crippen MR) is 129 cm³/mol. The second-order valence-electron chi connectivity index (χ2n) is 10.1. The number of rotatable bonds is 11. The highest BCUT2D eigenvalue weighted by Gasteiger charge is 2.19. The van der Waals surface area contributed by atoms with Crippen LogP contribution in [0.25, 0.3) is 0 Å². The van der Waals surface area contributed by atoms with E-state index < -0.39 is 11.7 Å². The summed E-state index contributed by atoms with van der Waals surface area (Å²) in [6.45, 7) is 12.4. The van der Waals surface area contributed by atoms with Gasteiger partial charge in [-0.05, 0) is 63.1 Å². The zero-order valence-corrected chi connectivity index (χ0v) is 20.8. The Labute approximate surface area is 193 Å². The van der Waals surface area contributed by atoms with Crippen molar-refractivity contribution in [3.8, 4) is 0 Å². The average Bonchev–Trinajstić information content (AvgIpc) is 2.68. The van der Waals surface area contributed by atoms with E-state index in [0.29, 0.717) is 18.7 Å². The molecule has 0 radical (unpaired) electrons. The number of hydrogen-bond acceptors (Lipinski definition) is 4. The smallest absolute Gasteiger partial charge is 0.408 e. The number of carbonyl (C=O) groups excluding carboxylic acids is 3. The Kier molecular flexibility index (Phi) is 10.7. The van der Waals surface area contributed by atoms with E-state index in [1.54, 1.807) is 25.7 Å². The molecule has 0 aliphatic rings. The van der Waals surface area contributed by atoms with Crippen LogP contribution >= 0.6 is 0 Å². The summed E-state index contributed by atoms with van der Waals surface area (Å²) >= 11 is 0. The second kappa shape index (κ2) is 12.5. The van der Waals surface area contributed by atoms with Crippen molar-refractivity contribution in [2.45, 2.75) is 79.2 Å². The van der Waals surface area contributed by atoms with Gasteiger partial charge in [0.25, 0.3) is 0 Å². The summed E-state index contributed by atoms with van der Waals surface area (Å²) in [6.07, 6.45) is 3.86. The van der Waals surface area contributed by atoms with Crippen LogP contribution in [-0.2, 0) is 20.7 Å². The van der Waals surface area contributed by atoms with Crippen molar-refractivity contribution in [2.75, 3.05) is 25.5 Å². The van der Waals surface area contributed by atoms with Gasteiger partial charge in [0.15, 0.2) is 0 Å². The highest BCUT2D eigenvalue weighted by Crippen LogP contribution is 2.28. The normalized spacial score (nSPS) is 11.6. The van der Waals surface area contributed by atoms with Crippen LogP contribution in [0.1, 0.15) is 72.8 Å². The monoisotopic (exact) mass is 447 g/mol. The van der Waals surface area contributed by atoms with Gasteiger partial charge in [0.1, 0.15) is 12.1 Å². The molecule has 32 heavy (non-hydrogen) atoms. The molecule has 0 spiro atoms. The summed E-state index contributed by atoms with van der Waals surface area (Å²) in [5.74, 6) is -0.157. The molecule has 0 atom stereocenters. The maximum Gasteiger partial charge on any atom is 0.408 e. The number of hydrogen-bond donors (Lipinski definition) is 2. The fourth-order valence-electron chi connectivity index (χ4n) is 3.29. The Hall–Kier alpha value is -2.57. The van der Waals surface area contributed by atoms with Crippen molar-refractivity contribution in [1.29, 1.82) is 0 Å². The van der Waals surface area contributed by atoms with Gasteiger partial charge in [0.05, 0.1) is 0 Å². The summed E-state index contributed by atoms with van der Waals surface area (Å²) in [5, 5.41) is 5.17. The molecule has 1 aromatic carbocycles. The molecular formula is C25H41N3O4. The average molecular weight is 448 g/mol. The van der Waals surface area contributed by atoms with E-state index in [-0.39, 0.29) is 23.8 Å². The van der Waals surface area contributed by atoms with E-state index in [4.69, 9.17) is 4.74 Å². The lowest BCUT2D eigenvalue weighted by atomic mass is 9.83. The third kappa shape index (κ3) is 11.7. The molecule has 0 aromatic heterocycles. The van der Waals surface area contributed by atoms with Crippen molar-refractivity contribution in [3.63, 3.8) is 0 Å². The molecule has 180 valence electrons. The van der Waals surface area contributed by atoms with Gasteiger partial charge in [0, 0.05) is 25.7 Å². The first kappa shape index (κ1) is 27.5. The molecule has 1 rings (SSSR count). The predicted octanol–water partition coefficient (Wildman–Crippen LogP) is 4.76. The van der Waals surface area contributed by atoms with Crippen LogP contribution in [-0.4, -0.2) is 48.5 Å². The molecule has 0 saturated heterocycles. The van der Waals surface area contributed by atoms with Gasteiger partial charge in [-0.3, -0.25) is 9.59 Å². The van der Waals surface area contributed by atoms with Crippen molar-refractivity contribution >= 4 is 23.6 Å². The summed E-state index contributed by atoms with van der Waals surface area (Å²) < 4.78 is 5.10. The SMILES string of the molecule is CCCC(C)(C)CCC(=O)N(C)CCc1ccc(NC(=O)CNC(=O)OC(C)(C)C)cc1. The van der Waals surface area contributed by atoms with Crippen LogP contribution in [0, 0.1) is 5.41 Å². The van der Waals surface area contributed by atoms with Crippen LogP contribution in [0.3, 0.4) is 0 Å². The molecule has 0 fully saturated rings. The number of likely N-dealkylation sites (N-methyl/N-ethyl adjacent to an activating group) is 1. The highest BCUT2D eigenvalue weighted by molar-refractivity contribution is 5.93. The van der Waals surface area contributed by atoms with E-state index >= 15 is 0 Å². The third-order valence-corrected chi connectivity index (χ3v) is 5.13. The van der Waals surface area contributed by atoms with E-state index in [1.165, 1.54) is 0 Å². The first-order chi connectivity index (χ1) is 14.8. The number of ether oxygens (including phenoxy) is 1. The maximum absolute atomic E-state index is 12.4. The summed E-state index contributed by atoms with van der Waals surface area (Å²) in [4.78, 5) is 37.8. The summed E-state index contributed by atoms with van der Waals surface area (Å²) in [5.41, 5.74) is 1.32. The minimum absolute atomic E-state index is 0.168. The Balaban J connectivity index is 2.40. The minimum Gasteiger partial charge on any atom is -0.444 e. The van der Waals surface area contributed by atoms with Crippen LogP contribution < -0.4 is 10.6 Å². The van der Waals surface area contributed by atoms with Gasteiger partial charge in [-0.2, -0.15) is 0 Å². The van der Waals surface area contributed by atoms with Crippen molar-refractivity contribution in [3.05, 3.63) is 29.8 Å². The van der Waals surface area contributed by atoms with Gasteiger partial charge in [-0.25, -0.2) is 4.79 Å². The van der Waals surface area contributed by atoms with Gasteiger partial charge >= 0.3 is 6.09 Å². The fraction of sp³-hybridized carbons (Fsp3) is 0.640. The lowest BCUT2D eigenvalue weighted by Gasteiger charge is -2.25. The fourth-order valence-corrected chi connectivity index (χ4v) is 3.29. The molecule has 0 aliphatic carbocycles. The Morgan fingerprint density at radius 3 is 2.19 bits per heavy atom. The second-order valence-corrected chi connectivity index (χ2v) is 10.1. The summed E-state index contributed by atoms with van der Waals surface area (Å²) in [6, 6.07) is 7.49. The number of anilines is 1. The van der Waals surface area contributed by atoms with E-state index in [2.05, 4.69) is 31.4 Å². The number of nitrogens with zero attached hydrogens (tertiary/aromatic N) is 1. The molecule has 7 heteroatoms. The highest BCUT2D eigenvalue weighted by atomic mass is 16.6. The van der Waals surface area contributed by atoms with E-state index in [1.807, 2.05) is 31.3 Å². The third-order valence-electron chi connectivity index (χ3n) is 5.13. The zero-order chi connectivity index (χ0) is 24.4. The van der Waals surface area contributed by atoms with Crippen LogP contribution in [0.15, 0.2) is 24.3 Å². The van der Waals surface area contributed by atoms with Crippen LogP contribution in [0.2, 0.25) is 0 Å². The first-order valence-electron chi connectivity index (χ1n) is 11.4. The topological polar surface area (TPSA) is 87.7 Å². The first-order valence-corrected chi connectivity index (χ1v) is 11.4. The molecule has 0 unspecified atom stereocenters. The quantitative estimate of drug-likeness (QED) is 0.512. The molecule has 2 N–H and O–H groups in total. The standard InChI is InChI=1S/C25H41N3O4/c1-8-15-25(5,6)16-13-22(30)28(7)17-14-19-9-11-20(12-10-19)27-21(29)18-26-23(31)32-24(2,3)4/h9-12H,8,13-18H2,1-7H3,(H,26,31)(H,27,29). The number of nitrogens with one attached hydrogen (secondary N) is 2. The minimum atomic E-state index is -0.629. The molecule has 3 amide bonds. The summed E-state index contributed by atoms with van der Waals surface area (Å²) in [7, 11) is 1.85. The number of benzene rings is 1. The van der Waals surface area contributed by atoms with Crippen LogP contribution in [0.4, 0.5) is 10.5 Å². The molecule has 0 heterocycles. The van der Waals surface area contributed by atoms with Crippen molar-refractivity contribution in [2.24, 2.45) is 5.41 Å².